The van der Waals surface area contributed by atoms with Crippen LogP contribution in [0.15, 0.2) is 30.5 Å². The minimum atomic E-state index is -0.316. The predicted octanol–water partition coefficient (Wildman–Crippen LogP) is 1.67. The molecule has 3 rings (SSSR count). The first kappa shape index (κ1) is 16.6. The molecule has 0 spiro atoms. The van der Waals surface area contributed by atoms with Crippen LogP contribution in [-0.4, -0.2) is 59.9 Å². The Morgan fingerprint density at radius 2 is 2.08 bits per heavy atom. The molecular weight excluding hydrogens is 311 g/mol. The lowest BCUT2D eigenvalue weighted by atomic mass is 10.1. The average Bonchev–Trinajstić information content (AvgIpc) is 3.06. The topological polar surface area (TPSA) is 70.2 Å². The van der Waals surface area contributed by atoms with Gasteiger partial charge in [0.05, 0.1) is 30.7 Å². The predicted molar refractivity (Wildman–Crippen MR) is 88.2 cm³/mol. The Morgan fingerprint density at radius 1 is 1.38 bits per heavy atom. The van der Waals surface area contributed by atoms with E-state index >= 15 is 0 Å². The van der Waals surface area contributed by atoms with Crippen LogP contribution in [0.1, 0.15) is 17.3 Å². The molecule has 2 aromatic rings. The third-order valence-corrected chi connectivity index (χ3v) is 4.03. The molecule has 0 saturated carbocycles. The van der Waals surface area contributed by atoms with Crippen molar-refractivity contribution in [3.05, 3.63) is 41.8 Å². The number of carbonyl (C=O) groups is 1. The fourth-order valence-corrected chi connectivity index (χ4v) is 2.81. The van der Waals surface area contributed by atoms with Crippen LogP contribution in [0.5, 0.6) is 0 Å². The molecule has 1 aliphatic rings. The molecule has 0 unspecified atom stereocenters. The smallest absolute Gasteiger partial charge is 0.255 e. The highest BCUT2D eigenvalue weighted by Gasteiger charge is 2.19. The maximum absolute atomic E-state index is 13.1. The normalized spacial score (nSPS) is 16.8. The number of morpholine rings is 1. The number of H-pyrrole nitrogens is 1. The van der Waals surface area contributed by atoms with E-state index in [2.05, 4.69) is 20.4 Å². The van der Waals surface area contributed by atoms with Crippen LogP contribution in [0.3, 0.4) is 0 Å². The zero-order valence-electron chi connectivity index (χ0n) is 13.6. The molecule has 1 aliphatic heterocycles. The number of hydrogen-bond donors (Lipinski definition) is 2. The van der Waals surface area contributed by atoms with E-state index < -0.39 is 0 Å². The highest BCUT2D eigenvalue weighted by Crippen LogP contribution is 2.21. The highest BCUT2D eigenvalue weighted by molar-refractivity contribution is 5.99. The van der Waals surface area contributed by atoms with Gasteiger partial charge in [0.1, 0.15) is 5.82 Å². The van der Waals surface area contributed by atoms with Gasteiger partial charge >= 0.3 is 0 Å². The number of ether oxygens (including phenoxy) is 1. The lowest BCUT2D eigenvalue weighted by molar-refractivity contribution is 0.0342. The molecule has 7 heteroatoms. The lowest BCUT2D eigenvalue weighted by Gasteiger charge is -2.29. The van der Waals surface area contributed by atoms with Crippen LogP contribution in [0.2, 0.25) is 0 Å². The number of carbonyl (C=O) groups excluding carboxylic acids is 1. The molecule has 24 heavy (non-hydrogen) atoms. The van der Waals surface area contributed by atoms with Gasteiger partial charge in [-0.15, -0.1) is 0 Å². The summed E-state index contributed by atoms with van der Waals surface area (Å²) in [5.74, 6) is -0.507. The number of benzene rings is 1. The number of amides is 1. The lowest BCUT2D eigenvalue weighted by Crippen LogP contribution is -2.46. The zero-order valence-corrected chi connectivity index (χ0v) is 13.6. The molecular formula is C17H21FN4O2. The van der Waals surface area contributed by atoms with Gasteiger partial charge in [-0.25, -0.2) is 4.39 Å². The van der Waals surface area contributed by atoms with Gasteiger partial charge in [-0.2, -0.15) is 5.10 Å². The van der Waals surface area contributed by atoms with Crippen molar-refractivity contribution >= 4 is 5.91 Å². The molecule has 0 radical (unpaired) electrons. The van der Waals surface area contributed by atoms with Gasteiger partial charge in [-0.05, 0) is 31.2 Å². The minimum Gasteiger partial charge on any atom is -0.379 e. The molecule has 2 N–H and O–H groups in total. The SMILES string of the molecule is C[C@@H](CN1CCOCC1)NC(=O)c1cn[nH]c1-c1ccc(F)cc1. The number of rotatable bonds is 5. The highest BCUT2D eigenvalue weighted by atomic mass is 19.1. The standard InChI is InChI=1S/C17H21FN4O2/c1-12(11-22-6-8-24-9-7-22)20-17(23)15-10-19-21-16(15)13-2-4-14(18)5-3-13/h2-5,10,12H,6-9,11H2,1H3,(H,19,21)(H,20,23)/t12-/m0/s1. The summed E-state index contributed by atoms with van der Waals surface area (Å²) >= 11 is 0. The molecule has 6 nitrogen and oxygen atoms in total. The number of nitrogens with one attached hydrogen (secondary N) is 2. The Labute approximate surface area is 140 Å². The Kier molecular flexibility index (Phi) is 5.22. The van der Waals surface area contributed by atoms with Gasteiger partial charge in [0, 0.05) is 31.2 Å². The third-order valence-electron chi connectivity index (χ3n) is 4.03. The second-order valence-electron chi connectivity index (χ2n) is 5.95. The monoisotopic (exact) mass is 332 g/mol. The summed E-state index contributed by atoms with van der Waals surface area (Å²) in [4.78, 5) is 14.8. The molecule has 1 atom stereocenters. The summed E-state index contributed by atoms with van der Waals surface area (Å²) in [7, 11) is 0. The fraction of sp³-hybridized carbons (Fsp3) is 0.412. The van der Waals surface area contributed by atoms with Crippen molar-refractivity contribution in [3.63, 3.8) is 0 Å². The Hall–Kier alpha value is -2.25. The molecule has 1 aromatic carbocycles. The van der Waals surface area contributed by atoms with E-state index in [1.165, 1.54) is 18.3 Å². The summed E-state index contributed by atoms with van der Waals surface area (Å²) in [5.41, 5.74) is 1.77. The minimum absolute atomic E-state index is 0.00608. The van der Waals surface area contributed by atoms with E-state index in [9.17, 15) is 9.18 Å². The van der Waals surface area contributed by atoms with E-state index in [-0.39, 0.29) is 17.8 Å². The van der Waals surface area contributed by atoms with Crippen LogP contribution in [0.25, 0.3) is 11.3 Å². The number of hydrogen-bond acceptors (Lipinski definition) is 4. The van der Waals surface area contributed by atoms with Crippen LogP contribution in [0.4, 0.5) is 4.39 Å². The van der Waals surface area contributed by atoms with Crippen molar-refractivity contribution in [3.8, 4) is 11.3 Å². The molecule has 0 aliphatic carbocycles. The molecule has 1 saturated heterocycles. The van der Waals surface area contributed by atoms with E-state index in [0.29, 0.717) is 11.3 Å². The van der Waals surface area contributed by atoms with Crippen LogP contribution >= 0.6 is 0 Å². The Balaban J connectivity index is 1.65. The van der Waals surface area contributed by atoms with E-state index in [0.717, 1.165) is 38.4 Å². The van der Waals surface area contributed by atoms with E-state index in [4.69, 9.17) is 4.74 Å². The zero-order chi connectivity index (χ0) is 16.9. The number of aromatic nitrogens is 2. The Bertz CT molecular complexity index is 680. The largest absolute Gasteiger partial charge is 0.379 e. The van der Waals surface area contributed by atoms with Crippen molar-refractivity contribution in [2.45, 2.75) is 13.0 Å². The fourth-order valence-electron chi connectivity index (χ4n) is 2.81. The quantitative estimate of drug-likeness (QED) is 0.874. The number of nitrogens with zero attached hydrogens (tertiary/aromatic N) is 2. The molecule has 1 amide bonds. The molecule has 0 bridgehead atoms. The third kappa shape index (κ3) is 3.98. The summed E-state index contributed by atoms with van der Waals surface area (Å²) in [5, 5.41) is 9.77. The maximum Gasteiger partial charge on any atom is 0.255 e. The first-order valence-corrected chi connectivity index (χ1v) is 8.04. The number of halogens is 1. The molecule has 1 fully saturated rings. The van der Waals surface area contributed by atoms with Gasteiger partial charge in [-0.3, -0.25) is 14.8 Å². The van der Waals surface area contributed by atoms with Crippen LogP contribution in [0, 0.1) is 5.82 Å². The second kappa shape index (κ2) is 7.55. The number of aromatic amines is 1. The van der Waals surface area contributed by atoms with Crippen molar-refractivity contribution in [2.75, 3.05) is 32.8 Å². The average molecular weight is 332 g/mol. The van der Waals surface area contributed by atoms with Gasteiger partial charge in [0.25, 0.3) is 5.91 Å². The van der Waals surface area contributed by atoms with Gasteiger partial charge in [0.2, 0.25) is 0 Å². The van der Waals surface area contributed by atoms with Gasteiger partial charge < -0.3 is 10.1 Å². The van der Waals surface area contributed by atoms with Gasteiger partial charge in [0.15, 0.2) is 0 Å². The van der Waals surface area contributed by atoms with Crippen molar-refractivity contribution in [2.24, 2.45) is 0 Å². The van der Waals surface area contributed by atoms with Gasteiger partial charge in [-0.1, -0.05) is 0 Å². The summed E-state index contributed by atoms with van der Waals surface area (Å²) in [6, 6.07) is 5.97. The van der Waals surface area contributed by atoms with E-state index in [1.54, 1.807) is 12.1 Å². The van der Waals surface area contributed by atoms with Crippen molar-refractivity contribution in [1.82, 2.24) is 20.4 Å². The summed E-state index contributed by atoms with van der Waals surface area (Å²) < 4.78 is 18.4. The van der Waals surface area contributed by atoms with Crippen molar-refractivity contribution < 1.29 is 13.9 Å². The van der Waals surface area contributed by atoms with Crippen molar-refractivity contribution in [1.29, 1.82) is 0 Å². The summed E-state index contributed by atoms with van der Waals surface area (Å²) in [6.45, 7) is 5.98. The molecule has 2 heterocycles. The van der Waals surface area contributed by atoms with E-state index in [1.807, 2.05) is 6.92 Å². The van der Waals surface area contributed by atoms with Crippen LogP contribution < -0.4 is 5.32 Å². The molecule has 128 valence electrons. The maximum atomic E-state index is 13.1. The summed E-state index contributed by atoms with van der Waals surface area (Å²) in [6.07, 6.45) is 1.50. The molecule has 1 aromatic heterocycles. The van der Waals surface area contributed by atoms with Crippen LogP contribution in [-0.2, 0) is 4.74 Å². The second-order valence-corrected chi connectivity index (χ2v) is 5.95. The Morgan fingerprint density at radius 3 is 2.79 bits per heavy atom. The first-order chi connectivity index (χ1) is 11.6. The first-order valence-electron chi connectivity index (χ1n) is 8.04.